The summed E-state index contributed by atoms with van der Waals surface area (Å²) in [4.78, 5) is 32.7. The number of nitrogens with zero attached hydrogens (tertiary/aromatic N) is 4. The number of carbonyl (C=O) groups excluding carboxylic acids is 2. The van der Waals surface area contributed by atoms with Gasteiger partial charge in [-0.2, -0.15) is 0 Å². The van der Waals surface area contributed by atoms with Gasteiger partial charge in [-0.25, -0.2) is 4.98 Å². The third kappa shape index (κ3) is 4.50. The summed E-state index contributed by atoms with van der Waals surface area (Å²) < 4.78 is 2.15. The van der Waals surface area contributed by atoms with Gasteiger partial charge in [-0.15, -0.1) is 0 Å². The molecule has 30 heavy (non-hydrogen) atoms. The van der Waals surface area contributed by atoms with Gasteiger partial charge in [0.2, 0.25) is 11.8 Å². The summed E-state index contributed by atoms with van der Waals surface area (Å²) in [5.41, 5.74) is 8.48. The molecule has 0 aliphatic carbocycles. The molecule has 0 radical (unpaired) electrons. The maximum absolute atomic E-state index is 12.3. The molecule has 3 N–H and O–H groups in total. The average Bonchev–Trinajstić information content (AvgIpc) is 3.05. The Morgan fingerprint density at radius 3 is 2.33 bits per heavy atom. The van der Waals surface area contributed by atoms with Crippen LogP contribution in [0.5, 0.6) is 0 Å². The molecule has 1 saturated heterocycles. The highest BCUT2D eigenvalue weighted by Crippen LogP contribution is 2.16. The van der Waals surface area contributed by atoms with Crippen LogP contribution in [-0.2, 0) is 18.4 Å². The predicted octanol–water partition coefficient (Wildman–Crippen LogP) is 1.43. The molecule has 156 valence electrons. The number of rotatable bonds is 6. The SMILES string of the molecule is Cn1c(CN2CCN(CC(=O)Nc3ccc(C(N)=O)cc3)CC2)nc2ccccc21. The fourth-order valence-electron chi connectivity index (χ4n) is 3.76. The number of nitrogens with one attached hydrogen (secondary N) is 1. The van der Waals surface area contributed by atoms with E-state index in [4.69, 9.17) is 10.7 Å². The molecule has 0 spiro atoms. The van der Waals surface area contributed by atoms with Crippen molar-refractivity contribution in [2.24, 2.45) is 12.8 Å². The number of primary amides is 1. The zero-order valence-corrected chi connectivity index (χ0v) is 17.0. The lowest BCUT2D eigenvalue weighted by atomic mass is 10.2. The summed E-state index contributed by atoms with van der Waals surface area (Å²) in [7, 11) is 2.06. The van der Waals surface area contributed by atoms with Crippen LogP contribution >= 0.6 is 0 Å². The standard InChI is InChI=1S/C22H26N6O2/c1-26-19-5-3-2-4-18(19)25-20(26)14-27-10-12-28(13-11-27)15-21(29)24-17-8-6-16(7-9-17)22(23)30/h2-9H,10-15H2,1H3,(H2,23,30)(H,24,29). The zero-order valence-electron chi connectivity index (χ0n) is 17.0. The largest absolute Gasteiger partial charge is 0.366 e. The Morgan fingerprint density at radius 2 is 1.67 bits per heavy atom. The van der Waals surface area contributed by atoms with E-state index < -0.39 is 5.91 Å². The smallest absolute Gasteiger partial charge is 0.248 e. The van der Waals surface area contributed by atoms with Crippen LogP contribution in [0.2, 0.25) is 0 Å². The highest BCUT2D eigenvalue weighted by molar-refractivity contribution is 5.95. The molecule has 0 bridgehead atoms. The second-order valence-corrected chi connectivity index (χ2v) is 7.62. The van der Waals surface area contributed by atoms with Crippen molar-refractivity contribution in [1.29, 1.82) is 0 Å². The Labute approximate surface area is 175 Å². The third-order valence-electron chi connectivity index (χ3n) is 5.53. The quantitative estimate of drug-likeness (QED) is 0.646. The number of hydrogen-bond donors (Lipinski definition) is 2. The molecule has 2 aromatic carbocycles. The first-order valence-electron chi connectivity index (χ1n) is 10.0. The Hall–Kier alpha value is -3.23. The molecule has 2 amide bonds. The van der Waals surface area contributed by atoms with E-state index in [1.165, 1.54) is 0 Å². The maximum atomic E-state index is 12.3. The molecule has 2 heterocycles. The average molecular weight is 406 g/mol. The number of nitrogens with two attached hydrogens (primary N) is 1. The van der Waals surface area contributed by atoms with Crippen LogP contribution in [0.3, 0.4) is 0 Å². The van der Waals surface area contributed by atoms with E-state index >= 15 is 0 Å². The molecule has 1 fully saturated rings. The van der Waals surface area contributed by atoms with Crippen molar-refractivity contribution in [3.8, 4) is 0 Å². The van der Waals surface area contributed by atoms with Crippen LogP contribution in [0, 0.1) is 0 Å². The van der Waals surface area contributed by atoms with Crippen molar-refractivity contribution in [3.05, 3.63) is 59.9 Å². The second kappa shape index (κ2) is 8.64. The summed E-state index contributed by atoms with van der Waals surface area (Å²) in [6.07, 6.45) is 0. The van der Waals surface area contributed by atoms with Gasteiger partial charge in [0, 0.05) is 44.5 Å². The maximum Gasteiger partial charge on any atom is 0.248 e. The molecule has 1 aliphatic heterocycles. The molecular weight excluding hydrogens is 380 g/mol. The Kier molecular flexibility index (Phi) is 5.78. The fraction of sp³-hybridized carbons (Fsp3) is 0.318. The van der Waals surface area contributed by atoms with E-state index in [9.17, 15) is 9.59 Å². The number of para-hydroxylation sites is 2. The Morgan fingerprint density at radius 1 is 1.00 bits per heavy atom. The van der Waals surface area contributed by atoms with Crippen LogP contribution in [0.15, 0.2) is 48.5 Å². The molecular formula is C22H26N6O2. The van der Waals surface area contributed by atoms with Gasteiger partial charge in [-0.05, 0) is 36.4 Å². The van der Waals surface area contributed by atoms with E-state index in [2.05, 4.69) is 32.8 Å². The normalized spacial score (nSPS) is 15.4. The lowest BCUT2D eigenvalue weighted by Crippen LogP contribution is -2.48. The summed E-state index contributed by atoms with van der Waals surface area (Å²) >= 11 is 0. The number of anilines is 1. The van der Waals surface area contributed by atoms with Gasteiger partial charge in [0.05, 0.1) is 24.1 Å². The summed E-state index contributed by atoms with van der Waals surface area (Å²) in [6.45, 7) is 4.60. The van der Waals surface area contributed by atoms with Gasteiger partial charge in [0.15, 0.2) is 0 Å². The number of amides is 2. The van der Waals surface area contributed by atoms with Gasteiger partial charge in [0.1, 0.15) is 5.82 Å². The Bertz CT molecular complexity index is 1050. The van der Waals surface area contributed by atoms with Gasteiger partial charge >= 0.3 is 0 Å². The molecule has 0 atom stereocenters. The van der Waals surface area contributed by atoms with Crippen LogP contribution < -0.4 is 11.1 Å². The van der Waals surface area contributed by atoms with E-state index in [0.29, 0.717) is 17.8 Å². The number of aryl methyl sites for hydroxylation is 1. The summed E-state index contributed by atoms with van der Waals surface area (Å²) in [5.74, 6) is 0.511. The fourth-order valence-corrected chi connectivity index (χ4v) is 3.76. The van der Waals surface area contributed by atoms with Gasteiger partial charge in [0.25, 0.3) is 0 Å². The van der Waals surface area contributed by atoms with Gasteiger partial charge in [-0.3, -0.25) is 19.4 Å². The number of aromatic nitrogens is 2. The topological polar surface area (TPSA) is 96.5 Å². The van der Waals surface area contributed by atoms with E-state index in [1.807, 2.05) is 18.2 Å². The highest BCUT2D eigenvalue weighted by atomic mass is 16.2. The first kappa shape index (κ1) is 20.1. The molecule has 0 saturated carbocycles. The van der Waals surface area contributed by atoms with Crippen LogP contribution in [0.4, 0.5) is 5.69 Å². The predicted molar refractivity (Wildman–Crippen MR) is 116 cm³/mol. The van der Waals surface area contributed by atoms with E-state index in [0.717, 1.165) is 49.6 Å². The zero-order chi connectivity index (χ0) is 21.1. The van der Waals surface area contributed by atoms with Crippen molar-refractivity contribution >= 4 is 28.5 Å². The van der Waals surface area contributed by atoms with Crippen molar-refractivity contribution < 1.29 is 9.59 Å². The lowest BCUT2D eigenvalue weighted by Gasteiger charge is -2.34. The molecule has 0 unspecified atom stereocenters. The third-order valence-corrected chi connectivity index (χ3v) is 5.53. The van der Waals surface area contributed by atoms with Gasteiger partial charge < -0.3 is 15.6 Å². The van der Waals surface area contributed by atoms with Gasteiger partial charge in [-0.1, -0.05) is 12.1 Å². The molecule has 3 aromatic rings. The van der Waals surface area contributed by atoms with Crippen molar-refractivity contribution in [3.63, 3.8) is 0 Å². The highest BCUT2D eigenvalue weighted by Gasteiger charge is 2.20. The minimum absolute atomic E-state index is 0.0642. The number of benzene rings is 2. The van der Waals surface area contributed by atoms with Crippen molar-refractivity contribution in [1.82, 2.24) is 19.4 Å². The molecule has 4 rings (SSSR count). The lowest BCUT2D eigenvalue weighted by molar-refractivity contribution is -0.117. The number of fused-ring (bicyclic) bond motifs is 1. The molecule has 1 aliphatic rings. The Balaban J connectivity index is 1.26. The number of carbonyl (C=O) groups is 2. The summed E-state index contributed by atoms with van der Waals surface area (Å²) in [5, 5.41) is 2.87. The summed E-state index contributed by atoms with van der Waals surface area (Å²) in [6, 6.07) is 14.8. The molecule has 1 aromatic heterocycles. The minimum atomic E-state index is -0.482. The van der Waals surface area contributed by atoms with E-state index in [1.54, 1.807) is 24.3 Å². The number of piperazine rings is 1. The minimum Gasteiger partial charge on any atom is -0.366 e. The molecule has 8 heteroatoms. The first-order valence-corrected chi connectivity index (χ1v) is 10.0. The number of imidazole rings is 1. The monoisotopic (exact) mass is 406 g/mol. The first-order chi connectivity index (χ1) is 14.5. The number of hydrogen-bond acceptors (Lipinski definition) is 5. The second-order valence-electron chi connectivity index (χ2n) is 7.62. The van der Waals surface area contributed by atoms with Crippen LogP contribution in [0.1, 0.15) is 16.2 Å². The van der Waals surface area contributed by atoms with E-state index in [-0.39, 0.29) is 5.91 Å². The van der Waals surface area contributed by atoms with Crippen molar-refractivity contribution in [2.75, 3.05) is 38.0 Å². The molecule has 8 nitrogen and oxygen atoms in total. The van der Waals surface area contributed by atoms with Crippen molar-refractivity contribution in [2.45, 2.75) is 6.54 Å². The van der Waals surface area contributed by atoms with Crippen LogP contribution in [0.25, 0.3) is 11.0 Å². The van der Waals surface area contributed by atoms with Crippen LogP contribution in [-0.4, -0.2) is 63.9 Å².